The lowest BCUT2D eigenvalue weighted by Gasteiger charge is -2.18. The SMILES string of the molecule is CNC(/C=C/C(=O)O)c1cc(C)c(C)cc1OC. The fourth-order valence-electron chi connectivity index (χ4n) is 1.77. The number of hydrogen-bond acceptors (Lipinski definition) is 3. The summed E-state index contributed by atoms with van der Waals surface area (Å²) in [5.74, 6) is -0.203. The summed E-state index contributed by atoms with van der Waals surface area (Å²) in [7, 11) is 3.40. The molecule has 2 N–H and O–H groups in total. The first kappa shape index (κ1) is 14.3. The standard InChI is InChI=1S/C14H19NO3/c1-9-7-11(13(18-4)8-10(9)2)12(15-3)5-6-14(16)17/h5-8,12,15H,1-4H3,(H,16,17)/b6-5+. The second-order valence-electron chi connectivity index (χ2n) is 4.14. The molecule has 4 nitrogen and oxygen atoms in total. The molecule has 1 atom stereocenters. The van der Waals surface area contributed by atoms with Crippen LogP contribution in [0.4, 0.5) is 0 Å². The molecule has 0 aliphatic carbocycles. The van der Waals surface area contributed by atoms with Crippen molar-refractivity contribution in [3.63, 3.8) is 0 Å². The number of carboxylic acid groups (broad SMARTS) is 1. The Bertz CT molecular complexity index is 466. The molecule has 98 valence electrons. The van der Waals surface area contributed by atoms with Crippen molar-refractivity contribution in [3.05, 3.63) is 41.0 Å². The zero-order valence-corrected chi connectivity index (χ0v) is 11.2. The normalized spacial score (nSPS) is 12.7. The van der Waals surface area contributed by atoms with Crippen molar-refractivity contribution < 1.29 is 14.6 Å². The van der Waals surface area contributed by atoms with E-state index >= 15 is 0 Å². The molecule has 0 spiro atoms. The Morgan fingerprint density at radius 2 is 2.00 bits per heavy atom. The van der Waals surface area contributed by atoms with Gasteiger partial charge in [-0.1, -0.05) is 12.1 Å². The number of carboxylic acids is 1. The lowest BCUT2D eigenvalue weighted by atomic mass is 9.99. The van der Waals surface area contributed by atoms with Crippen molar-refractivity contribution in [1.29, 1.82) is 0 Å². The minimum absolute atomic E-state index is 0.185. The van der Waals surface area contributed by atoms with Crippen LogP contribution in [0.2, 0.25) is 0 Å². The molecule has 1 aromatic carbocycles. The highest BCUT2D eigenvalue weighted by atomic mass is 16.5. The van der Waals surface area contributed by atoms with Gasteiger partial charge in [0.25, 0.3) is 0 Å². The third kappa shape index (κ3) is 3.34. The van der Waals surface area contributed by atoms with E-state index in [0.29, 0.717) is 0 Å². The Morgan fingerprint density at radius 1 is 1.39 bits per heavy atom. The van der Waals surface area contributed by atoms with Gasteiger partial charge in [0, 0.05) is 11.6 Å². The molecule has 0 saturated carbocycles. The molecular weight excluding hydrogens is 230 g/mol. The quantitative estimate of drug-likeness (QED) is 0.785. The number of carbonyl (C=O) groups is 1. The van der Waals surface area contributed by atoms with E-state index in [4.69, 9.17) is 9.84 Å². The van der Waals surface area contributed by atoms with Crippen LogP contribution in [0.25, 0.3) is 0 Å². The predicted molar refractivity (Wildman–Crippen MR) is 71.0 cm³/mol. The number of benzene rings is 1. The molecule has 1 rings (SSSR count). The molecular formula is C14H19NO3. The average molecular weight is 249 g/mol. The monoisotopic (exact) mass is 249 g/mol. The van der Waals surface area contributed by atoms with E-state index in [1.807, 2.05) is 26.0 Å². The molecule has 0 aliphatic heterocycles. The minimum atomic E-state index is -0.960. The van der Waals surface area contributed by atoms with Gasteiger partial charge in [-0.15, -0.1) is 0 Å². The lowest BCUT2D eigenvalue weighted by molar-refractivity contribution is -0.131. The fourth-order valence-corrected chi connectivity index (χ4v) is 1.77. The Balaban J connectivity index is 3.19. The molecule has 1 unspecified atom stereocenters. The highest BCUT2D eigenvalue weighted by molar-refractivity contribution is 5.79. The number of nitrogens with one attached hydrogen (secondary N) is 1. The number of likely N-dealkylation sites (N-methyl/N-ethyl adjacent to an activating group) is 1. The van der Waals surface area contributed by atoms with E-state index in [9.17, 15) is 4.79 Å². The van der Waals surface area contributed by atoms with E-state index in [0.717, 1.165) is 28.5 Å². The number of hydrogen-bond donors (Lipinski definition) is 2. The van der Waals surface area contributed by atoms with Gasteiger partial charge >= 0.3 is 5.97 Å². The maximum atomic E-state index is 10.6. The van der Waals surface area contributed by atoms with Crippen molar-refractivity contribution >= 4 is 5.97 Å². The number of ether oxygens (including phenoxy) is 1. The maximum Gasteiger partial charge on any atom is 0.328 e. The second-order valence-corrected chi connectivity index (χ2v) is 4.14. The van der Waals surface area contributed by atoms with E-state index in [2.05, 4.69) is 5.32 Å². The first-order chi connectivity index (χ1) is 8.49. The molecule has 0 aromatic heterocycles. The molecule has 0 fully saturated rings. The largest absolute Gasteiger partial charge is 0.496 e. The molecule has 0 amide bonds. The van der Waals surface area contributed by atoms with E-state index in [-0.39, 0.29) is 6.04 Å². The molecule has 0 saturated heterocycles. The predicted octanol–water partition coefficient (Wildman–Crippen LogP) is 2.21. The number of rotatable bonds is 5. The van der Waals surface area contributed by atoms with Crippen LogP contribution in [0, 0.1) is 13.8 Å². The van der Waals surface area contributed by atoms with Crippen molar-refractivity contribution in [2.75, 3.05) is 14.2 Å². The molecule has 0 heterocycles. The minimum Gasteiger partial charge on any atom is -0.496 e. The number of aryl methyl sites for hydroxylation is 2. The third-order valence-corrected chi connectivity index (χ3v) is 2.92. The molecule has 0 aliphatic rings. The van der Waals surface area contributed by atoms with Gasteiger partial charge in [-0.05, 0) is 38.1 Å². The highest BCUT2D eigenvalue weighted by Gasteiger charge is 2.13. The van der Waals surface area contributed by atoms with Crippen LogP contribution in [0.15, 0.2) is 24.3 Å². The Morgan fingerprint density at radius 3 is 2.50 bits per heavy atom. The smallest absolute Gasteiger partial charge is 0.328 e. The van der Waals surface area contributed by atoms with Gasteiger partial charge in [0.15, 0.2) is 0 Å². The fraction of sp³-hybridized carbons (Fsp3) is 0.357. The first-order valence-corrected chi connectivity index (χ1v) is 5.73. The van der Waals surface area contributed by atoms with E-state index < -0.39 is 5.97 Å². The van der Waals surface area contributed by atoms with Crippen LogP contribution in [0.1, 0.15) is 22.7 Å². The summed E-state index contributed by atoms with van der Waals surface area (Å²) in [4.78, 5) is 10.6. The van der Waals surface area contributed by atoms with Gasteiger partial charge in [-0.2, -0.15) is 0 Å². The van der Waals surface area contributed by atoms with E-state index in [1.165, 1.54) is 0 Å². The number of methoxy groups -OCH3 is 1. The lowest BCUT2D eigenvalue weighted by Crippen LogP contribution is -2.15. The van der Waals surface area contributed by atoms with Crippen LogP contribution >= 0.6 is 0 Å². The zero-order valence-electron chi connectivity index (χ0n) is 11.2. The molecule has 0 bridgehead atoms. The van der Waals surface area contributed by atoms with Crippen LogP contribution < -0.4 is 10.1 Å². The summed E-state index contributed by atoms with van der Waals surface area (Å²) < 4.78 is 5.35. The van der Waals surface area contributed by atoms with Gasteiger partial charge < -0.3 is 15.2 Å². The van der Waals surface area contributed by atoms with Crippen molar-refractivity contribution in [2.45, 2.75) is 19.9 Å². The molecule has 4 heteroatoms. The van der Waals surface area contributed by atoms with Gasteiger partial charge in [0.05, 0.1) is 13.2 Å². The van der Waals surface area contributed by atoms with E-state index in [1.54, 1.807) is 20.2 Å². The molecule has 18 heavy (non-hydrogen) atoms. The highest BCUT2D eigenvalue weighted by Crippen LogP contribution is 2.29. The van der Waals surface area contributed by atoms with Gasteiger partial charge in [0.1, 0.15) is 5.75 Å². The topological polar surface area (TPSA) is 58.6 Å². The Kier molecular flexibility index (Phi) is 4.92. The van der Waals surface area contributed by atoms with Gasteiger partial charge in [-0.25, -0.2) is 4.79 Å². The maximum absolute atomic E-state index is 10.6. The second kappa shape index (κ2) is 6.21. The summed E-state index contributed by atoms with van der Waals surface area (Å²) in [5.41, 5.74) is 3.23. The number of aliphatic carboxylic acids is 1. The van der Waals surface area contributed by atoms with Crippen molar-refractivity contribution in [1.82, 2.24) is 5.32 Å². The molecule has 0 radical (unpaired) electrons. The summed E-state index contributed by atoms with van der Waals surface area (Å²) in [6.45, 7) is 4.04. The molecule has 1 aromatic rings. The van der Waals surface area contributed by atoms with Crippen LogP contribution in [0.3, 0.4) is 0 Å². The average Bonchev–Trinajstić information content (AvgIpc) is 2.33. The summed E-state index contributed by atoms with van der Waals surface area (Å²) in [5, 5.41) is 11.7. The Labute approximate surface area is 107 Å². The summed E-state index contributed by atoms with van der Waals surface area (Å²) in [6, 6.07) is 3.79. The van der Waals surface area contributed by atoms with Crippen molar-refractivity contribution in [2.24, 2.45) is 0 Å². The van der Waals surface area contributed by atoms with Crippen LogP contribution in [0.5, 0.6) is 5.75 Å². The van der Waals surface area contributed by atoms with Crippen LogP contribution in [-0.2, 0) is 4.79 Å². The summed E-state index contributed by atoms with van der Waals surface area (Å²) in [6.07, 6.45) is 2.74. The van der Waals surface area contributed by atoms with Crippen LogP contribution in [-0.4, -0.2) is 25.2 Å². The van der Waals surface area contributed by atoms with Crippen molar-refractivity contribution in [3.8, 4) is 5.75 Å². The Hall–Kier alpha value is -1.81. The van der Waals surface area contributed by atoms with Gasteiger partial charge in [0.2, 0.25) is 0 Å². The van der Waals surface area contributed by atoms with Gasteiger partial charge in [-0.3, -0.25) is 0 Å². The summed E-state index contributed by atoms with van der Waals surface area (Å²) >= 11 is 0. The zero-order chi connectivity index (χ0) is 13.7. The first-order valence-electron chi connectivity index (χ1n) is 5.73. The third-order valence-electron chi connectivity index (χ3n) is 2.92.